The van der Waals surface area contributed by atoms with Gasteiger partial charge in [-0.05, 0) is 37.7 Å². The summed E-state index contributed by atoms with van der Waals surface area (Å²) in [6.07, 6.45) is 6.26. The third-order valence-corrected chi connectivity index (χ3v) is 5.20. The molecular formula is C22H22ClF2N7O2. The lowest BCUT2D eigenvalue weighted by molar-refractivity contribution is -0.0494. The molecule has 0 aliphatic heterocycles. The molecule has 0 fully saturated rings. The van der Waals surface area contributed by atoms with E-state index < -0.39 is 12.5 Å². The number of anilines is 1. The second-order valence-electron chi connectivity index (χ2n) is 7.49. The first-order chi connectivity index (χ1) is 16.4. The molecule has 0 radical (unpaired) electrons. The number of nitrogens with zero attached hydrogens (tertiary/aromatic N) is 5. The highest BCUT2D eigenvalue weighted by molar-refractivity contribution is 6.31. The van der Waals surface area contributed by atoms with Gasteiger partial charge in [0.1, 0.15) is 17.0 Å². The van der Waals surface area contributed by atoms with Gasteiger partial charge in [-0.1, -0.05) is 18.5 Å². The summed E-state index contributed by atoms with van der Waals surface area (Å²) in [5, 5.41) is 15.1. The van der Waals surface area contributed by atoms with Crippen LogP contribution >= 0.6 is 11.6 Å². The number of amides is 1. The van der Waals surface area contributed by atoms with Crippen LogP contribution in [0.1, 0.15) is 24.2 Å². The second-order valence-corrected chi connectivity index (χ2v) is 7.93. The summed E-state index contributed by atoms with van der Waals surface area (Å²) < 4.78 is 33.9. The first-order valence-corrected chi connectivity index (χ1v) is 10.9. The van der Waals surface area contributed by atoms with E-state index in [1.807, 2.05) is 13.8 Å². The number of fused-ring (bicyclic) bond motifs is 1. The third-order valence-electron chi connectivity index (χ3n) is 4.96. The molecule has 0 aliphatic carbocycles. The minimum absolute atomic E-state index is 0.0706. The summed E-state index contributed by atoms with van der Waals surface area (Å²) in [7, 11) is 0. The van der Waals surface area contributed by atoms with Gasteiger partial charge in [0.2, 0.25) is 0 Å². The quantitative estimate of drug-likeness (QED) is 0.367. The predicted octanol–water partition coefficient (Wildman–Crippen LogP) is 4.10. The Labute approximate surface area is 198 Å². The van der Waals surface area contributed by atoms with Crippen molar-refractivity contribution in [1.29, 1.82) is 0 Å². The molecule has 178 valence electrons. The fourth-order valence-electron chi connectivity index (χ4n) is 3.56. The van der Waals surface area contributed by atoms with Gasteiger partial charge in [0.05, 0.1) is 18.4 Å². The second kappa shape index (κ2) is 10.1. The van der Waals surface area contributed by atoms with Gasteiger partial charge in [0, 0.05) is 35.2 Å². The van der Waals surface area contributed by atoms with E-state index >= 15 is 0 Å². The first-order valence-electron chi connectivity index (χ1n) is 10.5. The van der Waals surface area contributed by atoms with Crippen molar-refractivity contribution in [2.45, 2.75) is 33.0 Å². The SMILES string of the molecule is CCNC(C)Cn1cc(NC(=O)c2cnn3cccnc23)c(-c2cc(Cl)ccc2OC(F)F)n1. The molecule has 4 aromatic rings. The van der Waals surface area contributed by atoms with Gasteiger partial charge in [-0.15, -0.1) is 0 Å². The molecule has 0 aliphatic rings. The lowest BCUT2D eigenvalue weighted by atomic mass is 10.1. The third kappa shape index (κ3) is 5.15. The minimum Gasteiger partial charge on any atom is -0.434 e. The smallest absolute Gasteiger partial charge is 0.387 e. The van der Waals surface area contributed by atoms with Gasteiger partial charge in [0.25, 0.3) is 5.91 Å². The highest BCUT2D eigenvalue weighted by Gasteiger charge is 2.22. The number of carbonyl (C=O) groups excluding carboxylic acids is 1. The Morgan fingerprint density at radius 3 is 2.91 bits per heavy atom. The molecular weight excluding hydrogens is 468 g/mol. The van der Waals surface area contributed by atoms with E-state index in [2.05, 4.69) is 30.6 Å². The number of aromatic nitrogens is 5. The average molecular weight is 490 g/mol. The van der Waals surface area contributed by atoms with E-state index in [0.717, 1.165) is 6.54 Å². The highest BCUT2D eigenvalue weighted by atomic mass is 35.5. The summed E-state index contributed by atoms with van der Waals surface area (Å²) in [6, 6.07) is 6.01. The maximum Gasteiger partial charge on any atom is 0.387 e. The normalized spacial score (nSPS) is 12.3. The summed E-state index contributed by atoms with van der Waals surface area (Å²) in [6.45, 7) is 2.17. The van der Waals surface area contributed by atoms with E-state index in [0.29, 0.717) is 22.9 Å². The van der Waals surface area contributed by atoms with Crippen LogP contribution in [0.2, 0.25) is 5.02 Å². The molecule has 0 saturated carbocycles. The van der Waals surface area contributed by atoms with Crippen LogP contribution in [-0.2, 0) is 6.54 Å². The fourth-order valence-corrected chi connectivity index (χ4v) is 3.73. The number of benzene rings is 1. The van der Waals surface area contributed by atoms with Gasteiger partial charge in [-0.25, -0.2) is 9.50 Å². The zero-order valence-corrected chi connectivity index (χ0v) is 19.1. The molecule has 2 N–H and O–H groups in total. The average Bonchev–Trinajstić information content (AvgIpc) is 3.39. The van der Waals surface area contributed by atoms with Gasteiger partial charge in [0.15, 0.2) is 5.65 Å². The van der Waals surface area contributed by atoms with Crippen LogP contribution in [0.3, 0.4) is 0 Å². The van der Waals surface area contributed by atoms with Crippen molar-refractivity contribution in [2.24, 2.45) is 0 Å². The van der Waals surface area contributed by atoms with Gasteiger partial charge in [-0.2, -0.15) is 19.0 Å². The Kier molecular flexibility index (Phi) is 7.03. The Morgan fingerprint density at radius 2 is 2.15 bits per heavy atom. The number of alkyl halides is 2. The van der Waals surface area contributed by atoms with Crippen LogP contribution in [-0.4, -0.2) is 49.5 Å². The number of ether oxygens (including phenoxy) is 1. The zero-order chi connectivity index (χ0) is 24.2. The molecule has 3 aromatic heterocycles. The lowest BCUT2D eigenvalue weighted by Crippen LogP contribution is -2.30. The molecule has 0 saturated heterocycles. The Bertz CT molecular complexity index is 1310. The molecule has 1 unspecified atom stereocenters. The van der Waals surface area contributed by atoms with Crippen molar-refractivity contribution in [1.82, 2.24) is 29.7 Å². The molecule has 12 heteroatoms. The molecule has 9 nitrogen and oxygen atoms in total. The summed E-state index contributed by atoms with van der Waals surface area (Å²) in [4.78, 5) is 17.3. The first kappa shape index (κ1) is 23.6. The van der Waals surface area contributed by atoms with Crippen LogP contribution in [0.25, 0.3) is 16.9 Å². The maximum absolute atomic E-state index is 13.1. The molecule has 1 aromatic carbocycles. The number of halogens is 3. The topological polar surface area (TPSA) is 98.4 Å². The maximum atomic E-state index is 13.1. The number of likely N-dealkylation sites (N-methyl/N-ethyl adjacent to an activating group) is 1. The molecule has 4 rings (SSSR count). The lowest BCUT2D eigenvalue weighted by Gasteiger charge is -2.12. The predicted molar refractivity (Wildman–Crippen MR) is 123 cm³/mol. The van der Waals surface area contributed by atoms with Gasteiger partial charge >= 0.3 is 6.61 Å². The molecule has 3 heterocycles. The van der Waals surface area contributed by atoms with Crippen LogP contribution in [0, 0.1) is 0 Å². The summed E-state index contributed by atoms with van der Waals surface area (Å²) in [5.41, 5.74) is 1.37. The van der Waals surface area contributed by atoms with Crippen molar-refractivity contribution < 1.29 is 18.3 Å². The van der Waals surface area contributed by atoms with E-state index in [-0.39, 0.29) is 28.6 Å². The van der Waals surface area contributed by atoms with Crippen molar-refractivity contribution in [3.63, 3.8) is 0 Å². The van der Waals surface area contributed by atoms with Crippen molar-refractivity contribution in [3.8, 4) is 17.0 Å². The van der Waals surface area contributed by atoms with Crippen molar-refractivity contribution in [3.05, 3.63) is 59.6 Å². The minimum atomic E-state index is -3.04. The number of hydrogen-bond donors (Lipinski definition) is 2. The number of nitrogens with one attached hydrogen (secondary N) is 2. The largest absolute Gasteiger partial charge is 0.434 e. The highest BCUT2D eigenvalue weighted by Crippen LogP contribution is 2.37. The van der Waals surface area contributed by atoms with Crippen LogP contribution < -0.4 is 15.4 Å². The van der Waals surface area contributed by atoms with E-state index in [1.54, 1.807) is 29.3 Å². The molecule has 0 bridgehead atoms. The van der Waals surface area contributed by atoms with Crippen molar-refractivity contribution >= 4 is 28.8 Å². The Hall–Kier alpha value is -3.57. The fraction of sp³-hybridized carbons (Fsp3) is 0.273. The summed E-state index contributed by atoms with van der Waals surface area (Å²) in [5.74, 6) is -0.592. The zero-order valence-electron chi connectivity index (χ0n) is 18.4. The van der Waals surface area contributed by atoms with Crippen LogP contribution in [0.4, 0.5) is 14.5 Å². The van der Waals surface area contributed by atoms with E-state index in [1.165, 1.54) is 28.9 Å². The molecule has 34 heavy (non-hydrogen) atoms. The number of carbonyl (C=O) groups is 1. The number of rotatable bonds is 9. The summed E-state index contributed by atoms with van der Waals surface area (Å²) >= 11 is 6.15. The van der Waals surface area contributed by atoms with Crippen LogP contribution in [0.15, 0.2) is 49.1 Å². The molecule has 1 atom stereocenters. The number of hydrogen-bond acceptors (Lipinski definition) is 6. The van der Waals surface area contributed by atoms with Crippen molar-refractivity contribution in [2.75, 3.05) is 11.9 Å². The molecule has 0 spiro atoms. The molecule has 1 amide bonds. The van der Waals surface area contributed by atoms with Crippen LogP contribution in [0.5, 0.6) is 5.75 Å². The Morgan fingerprint density at radius 1 is 1.32 bits per heavy atom. The van der Waals surface area contributed by atoms with E-state index in [4.69, 9.17) is 11.6 Å². The standard InChI is InChI=1S/C22H22ClF2N7O2/c1-3-26-13(2)11-31-12-17(29-21(33)16-10-28-32-8-4-7-27-20(16)32)19(30-31)15-9-14(23)5-6-18(15)34-22(24)25/h4-10,12-13,22,26H,3,11H2,1-2H3,(H,29,33). The Balaban J connectivity index is 1.75. The monoisotopic (exact) mass is 489 g/mol. The van der Waals surface area contributed by atoms with Gasteiger partial charge < -0.3 is 15.4 Å². The van der Waals surface area contributed by atoms with Gasteiger partial charge in [-0.3, -0.25) is 9.48 Å². The van der Waals surface area contributed by atoms with E-state index in [9.17, 15) is 13.6 Å².